The molecule has 0 aliphatic heterocycles. The summed E-state index contributed by atoms with van der Waals surface area (Å²) in [4.78, 5) is 93.8. The van der Waals surface area contributed by atoms with Crippen molar-refractivity contribution in [3.05, 3.63) is 196 Å². The number of hydrogen-bond acceptors (Lipinski definition) is 9. The van der Waals surface area contributed by atoms with Crippen molar-refractivity contribution < 1.29 is 28.8 Å². The Balaban J connectivity index is 0.951. The fraction of sp³-hybridized carbons (Fsp3) is 0.271. The molecule has 94 heavy (non-hydrogen) atoms. The van der Waals surface area contributed by atoms with Crippen molar-refractivity contribution in [3.63, 3.8) is 0 Å². The summed E-state index contributed by atoms with van der Waals surface area (Å²) >= 11 is 0. The molecule has 0 fully saturated rings. The standard InChI is InChI=1S/C70H82N18O6/c1-40-52(49-13-4-7-16-55(49)80-40)37-61(89)86-58(19-10-34-77-68(71)72)65(92)83-46-28-22-43(23-29-46)64(44-24-30-47(31-25-44)84-66(93)59(20-11-35-78-69(73)74)87-62(90)38-53-41(2)81-56-17-8-5-14-50(53)56)45-26-32-48(33-27-45)85-67(94)60(21-12-36-79-70(75)76)88-63(91)39-54-42(3)82-57-18-9-6-15-51(54)57/h4-9,13-18,22-33,58-60,64,80-82H,10-12,19-21,34-39H2,1-3H3,(H,83,92)(H,84,93)(H,85,94)(H,86,89)(H,87,90)(H,88,91)(H4,71,72,77)(H4,73,74,78)(H4,75,76,79)/t58-,59-,60-/m1/s1. The summed E-state index contributed by atoms with van der Waals surface area (Å²) in [7, 11) is 0. The third kappa shape index (κ3) is 18.0. The summed E-state index contributed by atoms with van der Waals surface area (Å²) in [5, 5.41) is 51.7. The van der Waals surface area contributed by atoms with Gasteiger partial charge >= 0.3 is 0 Å². The van der Waals surface area contributed by atoms with E-state index in [0.29, 0.717) is 56.0 Å². The van der Waals surface area contributed by atoms with Crippen LogP contribution in [0.4, 0.5) is 17.1 Å². The molecule has 9 rings (SSSR count). The number of amides is 6. The molecule has 3 heterocycles. The molecule has 0 aliphatic carbocycles. The molecule has 24 nitrogen and oxygen atoms in total. The molecule has 9 aromatic rings. The van der Waals surface area contributed by atoms with Crippen molar-refractivity contribution in [3.8, 4) is 0 Å². The fourth-order valence-electron chi connectivity index (χ4n) is 11.8. The van der Waals surface area contributed by atoms with E-state index in [1.807, 2.05) is 130 Å². The average Bonchev–Trinajstić information content (AvgIpc) is 1.21. The van der Waals surface area contributed by atoms with Crippen LogP contribution in [0.2, 0.25) is 0 Å². The van der Waals surface area contributed by atoms with Gasteiger partial charge in [-0.15, -0.1) is 0 Å². The number of guanidine groups is 3. The maximum absolute atomic E-state index is 14.2. The van der Waals surface area contributed by atoms with Crippen LogP contribution in [-0.4, -0.2) is 106 Å². The van der Waals surface area contributed by atoms with Crippen LogP contribution >= 0.6 is 0 Å². The topological polar surface area (TPSA) is 408 Å². The van der Waals surface area contributed by atoms with Crippen LogP contribution in [0.3, 0.4) is 0 Å². The number of aryl methyl sites for hydroxylation is 3. The highest BCUT2D eigenvalue weighted by atomic mass is 16.2. The Labute approximate surface area is 544 Å². The molecule has 21 N–H and O–H groups in total. The highest BCUT2D eigenvalue weighted by Gasteiger charge is 2.27. The van der Waals surface area contributed by atoms with Gasteiger partial charge < -0.3 is 80.0 Å². The van der Waals surface area contributed by atoms with Gasteiger partial charge in [0.2, 0.25) is 35.4 Å². The van der Waals surface area contributed by atoms with Gasteiger partial charge in [0.1, 0.15) is 18.1 Å². The number of H-pyrrole nitrogens is 3. The number of fused-ring (bicyclic) bond motifs is 3. The molecular formula is C70H82N18O6. The second kappa shape index (κ2) is 31.5. The number of nitrogens with two attached hydrogens (primary N) is 3. The van der Waals surface area contributed by atoms with E-state index in [1.165, 1.54) is 0 Å². The first-order valence-corrected chi connectivity index (χ1v) is 31.3. The lowest BCUT2D eigenvalue weighted by molar-refractivity contribution is -0.126. The van der Waals surface area contributed by atoms with Crippen LogP contribution in [0.25, 0.3) is 32.7 Å². The minimum absolute atomic E-state index is 0.0432. The third-order valence-corrected chi connectivity index (χ3v) is 16.5. The molecule has 6 amide bonds. The summed E-state index contributed by atoms with van der Waals surface area (Å²) < 4.78 is 0. The van der Waals surface area contributed by atoms with Gasteiger partial charge in [-0.2, -0.15) is 0 Å². The smallest absolute Gasteiger partial charge is 0.246 e. The zero-order chi connectivity index (χ0) is 66.8. The molecule has 0 saturated carbocycles. The van der Waals surface area contributed by atoms with Crippen LogP contribution < -0.4 is 65.1 Å². The lowest BCUT2D eigenvalue weighted by Crippen LogP contribution is -2.45. The molecule has 0 aliphatic rings. The molecule has 0 unspecified atom stereocenters. The first-order chi connectivity index (χ1) is 45.3. The molecule has 0 saturated heterocycles. The van der Waals surface area contributed by atoms with Crippen molar-refractivity contribution in [2.24, 2.45) is 17.2 Å². The number of anilines is 3. The zero-order valence-corrected chi connectivity index (χ0v) is 52.8. The predicted molar refractivity (Wildman–Crippen MR) is 370 cm³/mol. The summed E-state index contributed by atoms with van der Waals surface area (Å²) in [5.74, 6) is -3.41. The van der Waals surface area contributed by atoms with Gasteiger partial charge in [0.05, 0.1) is 19.3 Å². The molecule has 0 bridgehead atoms. The van der Waals surface area contributed by atoms with Gasteiger partial charge in [0, 0.05) is 92.4 Å². The molecule has 0 radical (unpaired) electrons. The summed E-state index contributed by atoms with van der Waals surface area (Å²) in [6.07, 6.45) is 2.13. The molecule has 0 spiro atoms. The largest absolute Gasteiger partial charge is 0.370 e. The van der Waals surface area contributed by atoms with Crippen molar-refractivity contribution in [1.29, 1.82) is 16.2 Å². The van der Waals surface area contributed by atoms with E-state index >= 15 is 0 Å². The molecule has 3 atom stereocenters. The van der Waals surface area contributed by atoms with Crippen molar-refractivity contribution >= 4 is 103 Å². The lowest BCUT2D eigenvalue weighted by atomic mass is 9.85. The van der Waals surface area contributed by atoms with E-state index < -0.39 is 41.8 Å². The number of carbonyl (C=O) groups is 6. The van der Waals surface area contributed by atoms with Gasteiger partial charge in [0.25, 0.3) is 0 Å². The molecule has 6 aromatic carbocycles. The van der Waals surface area contributed by atoms with Crippen molar-refractivity contribution in [1.82, 2.24) is 46.9 Å². The highest BCUT2D eigenvalue weighted by Crippen LogP contribution is 2.35. The van der Waals surface area contributed by atoms with E-state index in [4.69, 9.17) is 33.4 Å². The number of para-hydroxylation sites is 3. The van der Waals surface area contributed by atoms with Crippen LogP contribution in [0, 0.1) is 37.0 Å². The minimum atomic E-state index is -0.938. The van der Waals surface area contributed by atoms with E-state index in [2.05, 4.69) is 62.8 Å². The van der Waals surface area contributed by atoms with E-state index in [1.54, 1.807) is 36.4 Å². The first kappa shape index (κ1) is 67.0. The van der Waals surface area contributed by atoms with Crippen molar-refractivity contribution in [2.45, 2.75) is 103 Å². The van der Waals surface area contributed by atoms with Gasteiger partial charge in [-0.05, 0) is 147 Å². The highest BCUT2D eigenvalue weighted by molar-refractivity contribution is 6.01. The maximum Gasteiger partial charge on any atom is 0.246 e. The monoisotopic (exact) mass is 1270 g/mol. The number of hydrogen-bond donors (Lipinski definition) is 18. The predicted octanol–water partition coefficient (Wildman–Crippen LogP) is 7.02. The number of benzene rings is 6. The zero-order valence-electron chi connectivity index (χ0n) is 52.8. The third-order valence-electron chi connectivity index (χ3n) is 16.5. The van der Waals surface area contributed by atoms with Crippen LogP contribution in [0.1, 0.15) is 94.9 Å². The second-order valence-corrected chi connectivity index (χ2v) is 23.4. The van der Waals surface area contributed by atoms with Crippen molar-refractivity contribution in [2.75, 3.05) is 35.6 Å². The number of nitrogens with one attached hydrogen (secondary N) is 15. The normalized spacial score (nSPS) is 12.4. The van der Waals surface area contributed by atoms with Crippen LogP contribution in [0.15, 0.2) is 146 Å². The van der Waals surface area contributed by atoms with Gasteiger partial charge in [-0.1, -0.05) is 91.0 Å². The Morgan fingerprint density at radius 2 is 0.638 bits per heavy atom. The Hall–Kier alpha value is -11.4. The minimum Gasteiger partial charge on any atom is -0.370 e. The summed E-state index contributed by atoms with van der Waals surface area (Å²) in [6, 6.07) is 42.3. The summed E-state index contributed by atoms with van der Waals surface area (Å²) in [5.41, 5.74) is 28.2. The molecule has 3 aromatic heterocycles. The van der Waals surface area contributed by atoms with Gasteiger partial charge in [-0.3, -0.25) is 45.0 Å². The Kier molecular flexibility index (Phi) is 22.5. The van der Waals surface area contributed by atoms with E-state index in [0.717, 1.165) is 83.2 Å². The summed E-state index contributed by atoms with van der Waals surface area (Å²) in [6.45, 7) is 6.66. The second-order valence-electron chi connectivity index (χ2n) is 23.4. The lowest BCUT2D eigenvalue weighted by Gasteiger charge is -2.22. The molecule has 488 valence electrons. The Morgan fingerprint density at radius 1 is 0.383 bits per heavy atom. The SMILES string of the molecule is Cc1[nH]c2ccccc2c1CC(=O)N[C@H](CCCNC(=N)N)C(=O)Nc1ccc(C(c2ccc(NC(=O)[C@@H](CCCNC(=N)N)NC(=O)Cc3c(C)[nH]c4ccccc34)cc2)c2ccc(NC(=O)[C@@H](CCCNC(=N)N)NC(=O)Cc3c(C)[nH]c4ccccc34)cc2)cc1. The van der Waals surface area contributed by atoms with Crippen LogP contribution in [-0.2, 0) is 48.0 Å². The van der Waals surface area contributed by atoms with E-state index in [-0.39, 0.29) is 74.1 Å². The molecular weight excluding hydrogens is 1190 g/mol. The quantitative estimate of drug-likeness (QED) is 0.00934. The number of rotatable bonds is 30. The Morgan fingerprint density at radius 3 is 0.894 bits per heavy atom. The van der Waals surface area contributed by atoms with Gasteiger partial charge in [0.15, 0.2) is 17.9 Å². The number of carbonyl (C=O) groups excluding carboxylic acids is 6. The first-order valence-electron chi connectivity index (χ1n) is 31.3. The van der Waals surface area contributed by atoms with Gasteiger partial charge in [-0.25, -0.2) is 0 Å². The number of aromatic amines is 3. The van der Waals surface area contributed by atoms with E-state index in [9.17, 15) is 28.8 Å². The average molecular weight is 1270 g/mol. The Bertz CT molecular complexity index is 3780. The van der Waals surface area contributed by atoms with Crippen LogP contribution in [0.5, 0.6) is 0 Å². The number of aromatic nitrogens is 3. The fourth-order valence-corrected chi connectivity index (χ4v) is 11.8. The maximum atomic E-state index is 14.2. The molecule has 24 heteroatoms.